The van der Waals surface area contributed by atoms with Crippen molar-refractivity contribution in [3.05, 3.63) is 41.6 Å². The molecule has 1 aliphatic carbocycles. The van der Waals surface area contributed by atoms with Gasteiger partial charge in [0, 0.05) is 32.6 Å². The SMILES string of the molecule is CNc1cc(NCc2cn3cc(C4CC4)cc(N4CC(=O)N(C)C4=O)c3n2)nc(C)n1. The lowest BCUT2D eigenvalue weighted by Gasteiger charge is -2.17. The highest BCUT2D eigenvalue weighted by molar-refractivity contribution is 6.13. The number of urea groups is 1. The van der Waals surface area contributed by atoms with Crippen molar-refractivity contribution in [1.82, 2.24) is 24.3 Å². The third-order valence-corrected chi connectivity index (χ3v) is 5.67. The molecule has 2 aliphatic rings. The van der Waals surface area contributed by atoms with Gasteiger partial charge < -0.3 is 15.0 Å². The fraction of sp³-hybridized carbons (Fsp3) is 0.381. The van der Waals surface area contributed by atoms with Crippen LogP contribution in [0.5, 0.6) is 0 Å². The van der Waals surface area contributed by atoms with Crippen LogP contribution in [0.15, 0.2) is 24.5 Å². The lowest BCUT2D eigenvalue weighted by atomic mass is 10.1. The van der Waals surface area contributed by atoms with E-state index in [0.717, 1.165) is 29.3 Å². The predicted octanol–water partition coefficient (Wildman–Crippen LogP) is 2.36. The Morgan fingerprint density at radius 1 is 1.10 bits per heavy atom. The highest BCUT2D eigenvalue weighted by Gasteiger charge is 2.36. The molecule has 160 valence electrons. The molecular weight excluding hydrogens is 396 g/mol. The number of nitrogens with one attached hydrogen (secondary N) is 2. The fourth-order valence-corrected chi connectivity index (χ4v) is 3.83. The number of anilines is 3. The first-order valence-corrected chi connectivity index (χ1v) is 10.3. The Morgan fingerprint density at radius 3 is 2.55 bits per heavy atom. The van der Waals surface area contributed by atoms with Crippen LogP contribution in [0.4, 0.5) is 22.1 Å². The van der Waals surface area contributed by atoms with E-state index in [1.165, 1.54) is 17.5 Å². The number of pyridine rings is 1. The average molecular weight is 420 g/mol. The largest absolute Gasteiger partial charge is 0.373 e. The quantitative estimate of drug-likeness (QED) is 0.590. The minimum atomic E-state index is -0.321. The van der Waals surface area contributed by atoms with Crippen molar-refractivity contribution in [2.45, 2.75) is 32.2 Å². The van der Waals surface area contributed by atoms with Crippen molar-refractivity contribution in [2.75, 3.05) is 36.2 Å². The maximum absolute atomic E-state index is 12.6. The number of imidazole rings is 1. The monoisotopic (exact) mass is 420 g/mol. The molecule has 0 atom stereocenters. The molecule has 5 rings (SSSR count). The molecule has 0 aromatic carbocycles. The van der Waals surface area contributed by atoms with Gasteiger partial charge in [-0.1, -0.05) is 0 Å². The summed E-state index contributed by atoms with van der Waals surface area (Å²) < 4.78 is 1.96. The van der Waals surface area contributed by atoms with Crippen LogP contribution in [-0.4, -0.2) is 56.8 Å². The van der Waals surface area contributed by atoms with Gasteiger partial charge in [0.15, 0.2) is 5.65 Å². The molecule has 4 heterocycles. The second kappa shape index (κ2) is 7.22. The van der Waals surface area contributed by atoms with Gasteiger partial charge in [-0.15, -0.1) is 0 Å². The Labute approximate surface area is 179 Å². The predicted molar refractivity (Wildman–Crippen MR) is 116 cm³/mol. The van der Waals surface area contributed by atoms with E-state index in [1.54, 1.807) is 0 Å². The van der Waals surface area contributed by atoms with Crippen LogP contribution >= 0.6 is 0 Å². The summed E-state index contributed by atoms with van der Waals surface area (Å²) in [7, 11) is 3.32. The summed E-state index contributed by atoms with van der Waals surface area (Å²) in [4.78, 5) is 40.9. The summed E-state index contributed by atoms with van der Waals surface area (Å²) in [6, 6.07) is 3.52. The topological polar surface area (TPSA) is 108 Å². The standard InChI is InChI=1S/C21H24N8O2/c1-12-24-17(22-2)7-18(25-12)23-8-15-10-28-9-14(13-4-5-13)6-16(20(28)26-15)29-11-19(30)27(3)21(29)31/h6-7,9-10,13H,4-5,8,11H2,1-3H3,(H2,22,23,24,25). The molecular formula is C21H24N8O2. The summed E-state index contributed by atoms with van der Waals surface area (Å²) in [5.74, 6) is 2.40. The van der Waals surface area contributed by atoms with Gasteiger partial charge in [0.2, 0.25) is 5.91 Å². The summed E-state index contributed by atoms with van der Waals surface area (Å²) in [5.41, 5.74) is 3.31. The van der Waals surface area contributed by atoms with Crippen molar-refractivity contribution < 1.29 is 9.59 Å². The van der Waals surface area contributed by atoms with Crippen LogP contribution in [0.3, 0.4) is 0 Å². The molecule has 10 heteroatoms. The molecule has 3 aromatic heterocycles. The van der Waals surface area contributed by atoms with Gasteiger partial charge in [0.05, 0.1) is 17.9 Å². The number of hydrogen-bond donors (Lipinski definition) is 2. The lowest BCUT2D eigenvalue weighted by Crippen LogP contribution is -2.30. The smallest absolute Gasteiger partial charge is 0.331 e. The van der Waals surface area contributed by atoms with E-state index in [0.29, 0.717) is 35.4 Å². The van der Waals surface area contributed by atoms with Gasteiger partial charge in [-0.2, -0.15) is 0 Å². The highest BCUT2D eigenvalue weighted by atomic mass is 16.2. The van der Waals surface area contributed by atoms with E-state index in [2.05, 4.69) is 26.8 Å². The molecule has 2 N–H and O–H groups in total. The zero-order valence-electron chi connectivity index (χ0n) is 17.7. The van der Waals surface area contributed by atoms with Gasteiger partial charge in [-0.25, -0.2) is 19.7 Å². The van der Waals surface area contributed by atoms with Crippen LogP contribution in [0.2, 0.25) is 0 Å². The Bertz CT molecular complexity index is 1200. The molecule has 31 heavy (non-hydrogen) atoms. The Balaban J connectivity index is 1.48. The molecule has 0 radical (unpaired) electrons. The summed E-state index contributed by atoms with van der Waals surface area (Å²) in [6.07, 6.45) is 6.31. The number of imide groups is 1. The number of nitrogens with zero attached hydrogens (tertiary/aromatic N) is 6. The summed E-state index contributed by atoms with van der Waals surface area (Å²) in [6.45, 7) is 2.34. The normalized spacial score (nSPS) is 16.5. The van der Waals surface area contributed by atoms with Gasteiger partial charge >= 0.3 is 6.03 Å². The van der Waals surface area contributed by atoms with E-state index in [4.69, 9.17) is 4.98 Å². The second-order valence-corrected chi connectivity index (χ2v) is 8.01. The number of amides is 3. The lowest BCUT2D eigenvalue weighted by molar-refractivity contribution is -0.123. The van der Waals surface area contributed by atoms with Crippen LogP contribution in [0.25, 0.3) is 5.65 Å². The van der Waals surface area contributed by atoms with Gasteiger partial charge in [-0.3, -0.25) is 14.6 Å². The Morgan fingerprint density at radius 2 is 1.87 bits per heavy atom. The molecule has 2 fully saturated rings. The van der Waals surface area contributed by atoms with E-state index in [1.807, 2.05) is 36.7 Å². The first kappa shape index (κ1) is 19.3. The number of fused-ring (bicyclic) bond motifs is 1. The number of aryl methyl sites for hydroxylation is 1. The van der Waals surface area contributed by atoms with Crippen LogP contribution in [-0.2, 0) is 11.3 Å². The Kier molecular flexibility index (Phi) is 4.49. The van der Waals surface area contributed by atoms with Crippen molar-refractivity contribution in [3.8, 4) is 0 Å². The van der Waals surface area contributed by atoms with Crippen LogP contribution in [0, 0.1) is 6.92 Å². The van der Waals surface area contributed by atoms with Crippen LogP contribution < -0.4 is 15.5 Å². The third-order valence-electron chi connectivity index (χ3n) is 5.67. The van der Waals surface area contributed by atoms with Crippen LogP contribution in [0.1, 0.15) is 35.8 Å². The third kappa shape index (κ3) is 3.54. The summed E-state index contributed by atoms with van der Waals surface area (Å²) >= 11 is 0. The molecule has 3 aromatic rings. The number of rotatable bonds is 6. The molecule has 0 bridgehead atoms. The van der Waals surface area contributed by atoms with Gasteiger partial charge in [0.25, 0.3) is 0 Å². The van der Waals surface area contributed by atoms with E-state index in [9.17, 15) is 9.59 Å². The van der Waals surface area contributed by atoms with Crippen molar-refractivity contribution in [3.63, 3.8) is 0 Å². The maximum Gasteiger partial charge on any atom is 0.331 e. The van der Waals surface area contributed by atoms with Crippen molar-refractivity contribution >= 4 is 34.9 Å². The number of aromatic nitrogens is 4. The number of carbonyl (C=O) groups is 2. The van der Waals surface area contributed by atoms with Crippen molar-refractivity contribution in [2.24, 2.45) is 0 Å². The molecule has 1 aliphatic heterocycles. The van der Waals surface area contributed by atoms with Gasteiger partial charge in [-0.05, 0) is 37.3 Å². The van der Waals surface area contributed by atoms with Crippen molar-refractivity contribution in [1.29, 1.82) is 0 Å². The van der Waals surface area contributed by atoms with E-state index in [-0.39, 0.29) is 18.5 Å². The molecule has 0 unspecified atom stereocenters. The van der Waals surface area contributed by atoms with Gasteiger partial charge in [0.1, 0.15) is 24.0 Å². The molecule has 0 spiro atoms. The molecule has 3 amide bonds. The zero-order valence-corrected chi connectivity index (χ0v) is 17.7. The zero-order chi connectivity index (χ0) is 21.7. The minimum Gasteiger partial charge on any atom is -0.373 e. The maximum atomic E-state index is 12.6. The second-order valence-electron chi connectivity index (χ2n) is 8.01. The number of carbonyl (C=O) groups excluding carboxylic acids is 2. The summed E-state index contributed by atoms with van der Waals surface area (Å²) in [5, 5.41) is 6.31. The first-order valence-electron chi connectivity index (χ1n) is 10.3. The number of hydrogen-bond acceptors (Lipinski definition) is 7. The minimum absolute atomic E-state index is 0.0343. The fourth-order valence-electron chi connectivity index (χ4n) is 3.83. The van der Waals surface area contributed by atoms with E-state index < -0.39 is 0 Å². The molecule has 10 nitrogen and oxygen atoms in total. The first-order chi connectivity index (χ1) is 14.9. The average Bonchev–Trinajstić information content (AvgIpc) is 3.47. The molecule has 1 saturated heterocycles. The number of likely N-dealkylation sites (N-methyl/N-ethyl adjacent to an activating group) is 1. The van der Waals surface area contributed by atoms with E-state index >= 15 is 0 Å². The molecule has 1 saturated carbocycles. The Hall–Kier alpha value is -3.69. The highest BCUT2D eigenvalue weighted by Crippen LogP contribution is 2.42.